The number of amides is 4. The molecule has 0 unspecified atom stereocenters. The molecule has 2 fully saturated rings. The Bertz CT molecular complexity index is 921. The number of nitrogens with zero attached hydrogens (tertiary/aromatic N) is 3. The van der Waals surface area contributed by atoms with Crippen LogP contribution in [0.5, 0.6) is 5.75 Å². The van der Waals surface area contributed by atoms with Crippen LogP contribution < -0.4 is 10.7 Å². The molecular formula is C22H29N5O7. The molecule has 4 amide bonds. The summed E-state index contributed by atoms with van der Waals surface area (Å²) in [7, 11) is 1.65. The van der Waals surface area contributed by atoms with Crippen LogP contribution in [0.15, 0.2) is 24.3 Å². The van der Waals surface area contributed by atoms with E-state index < -0.39 is 18.0 Å². The number of aromatic hydroxyl groups is 1. The third-order valence-corrected chi connectivity index (χ3v) is 5.27. The van der Waals surface area contributed by atoms with Gasteiger partial charge in [0.1, 0.15) is 30.1 Å². The van der Waals surface area contributed by atoms with E-state index >= 15 is 0 Å². The fourth-order valence-corrected chi connectivity index (χ4v) is 3.46. The molecule has 2 atom stereocenters. The van der Waals surface area contributed by atoms with E-state index in [1.54, 1.807) is 7.05 Å². The number of carbonyl (C=O) groups is 6. The van der Waals surface area contributed by atoms with Crippen LogP contribution >= 0.6 is 0 Å². The summed E-state index contributed by atoms with van der Waals surface area (Å²) in [6, 6.07) is 3.90. The second-order valence-corrected chi connectivity index (χ2v) is 7.82. The van der Waals surface area contributed by atoms with Gasteiger partial charge >= 0.3 is 6.03 Å². The molecule has 0 saturated carbocycles. The average Bonchev–Trinajstić information content (AvgIpc) is 2.95. The molecule has 34 heavy (non-hydrogen) atoms. The van der Waals surface area contributed by atoms with Crippen molar-refractivity contribution in [3.05, 3.63) is 29.8 Å². The molecular weight excluding hydrogens is 446 g/mol. The van der Waals surface area contributed by atoms with E-state index in [9.17, 15) is 33.9 Å². The minimum atomic E-state index is -0.726. The van der Waals surface area contributed by atoms with E-state index in [1.807, 2.05) is 0 Å². The summed E-state index contributed by atoms with van der Waals surface area (Å²) in [5, 5.41) is 15.4. The highest BCUT2D eigenvalue weighted by atomic mass is 16.3. The number of phenols is 1. The van der Waals surface area contributed by atoms with Crippen molar-refractivity contribution in [2.24, 2.45) is 0 Å². The Morgan fingerprint density at radius 1 is 1.18 bits per heavy atom. The molecule has 1 aromatic carbocycles. The Morgan fingerprint density at radius 2 is 1.85 bits per heavy atom. The topological polar surface area (TPSA) is 156 Å². The molecule has 2 saturated heterocycles. The predicted octanol–water partition coefficient (Wildman–Crippen LogP) is 0.0220. The number of carbonyl (C=O) groups excluding carboxylic acids is 6. The first-order valence-electron chi connectivity index (χ1n) is 10.8. The number of rotatable bonds is 7. The number of hydrogen-bond acceptors (Lipinski definition) is 8. The number of hydrogen-bond donors (Lipinski definition) is 3. The van der Waals surface area contributed by atoms with Crippen LogP contribution in [-0.2, 0) is 19.2 Å². The van der Waals surface area contributed by atoms with Gasteiger partial charge in [0.05, 0.1) is 12.6 Å². The minimum absolute atomic E-state index is 0.0140. The quantitative estimate of drug-likeness (QED) is 0.466. The highest BCUT2D eigenvalue weighted by Crippen LogP contribution is 2.22. The Labute approximate surface area is 196 Å². The first-order valence-corrected chi connectivity index (χ1v) is 10.8. The minimum Gasteiger partial charge on any atom is -0.508 e. The van der Waals surface area contributed by atoms with Crippen LogP contribution in [0.3, 0.4) is 0 Å². The van der Waals surface area contributed by atoms with Gasteiger partial charge in [0, 0.05) is 24.9 Å². The second kappa shape index (κ2) is 12.4. The zero-order valence-electron chi connectivity index (χ0n) is 19.1. The molecule has 184 valence electrons. The molecule has 3 N–H and O–H groups in total. The van der Waals surface area contributed by atoms with Crippen molar-refractivity contribution >= 4 is 36.2 Å². The third-order valence-electron chi connectivity index (χ3n) is 5.27. The predicted molar refractivity (Wildman–Crippen MR) is 119 cm³/mol. The van der Waals surface area contributed by atoms with Gasteiger partial charge in [0.2, 0.25) is 5.91 Å². The summed E-state index contributed by atoms with van der Waals surface area (Å²) in [6.07, 6.45) is 2.82. The first kappa shape index (κ1) is 26.5. The third kappa shape index (κ3) is 6.85. The number of fused-ring (bicyclic) bond motifs is 1. The van der Waals surface area contributed by atoms with Gasteiger partial charge in [-0.1, -0.05) is 0 Å². The number of Topliss-reactive ketones (excluding diaryl/α,β-unsaturated/α-hetero) is 1. The number of phenolic OH excluding ortho intramolecular Hbond substituents is 1. The van der Waals surface area contributed by atoms with Crippen molar-refractivity contribution in [2.45, 2.75) is 44.7 Å². The van der Waals surface area contributed by atoms with E-state index in [1.165, 1.54) is 36.2 Å². The van der Waals surface area contributed by atoms with Crippen molar-refractivity contribution in [1.29, 1.82) is 0 Å². The summed E-state index contributed by atoms with van der Waals surface area (Å²) in [5.41, 5.74) is 2.72. The maximum Gasteiger partial charge on any atom is 0.358 e. The van der Waals surface area contributed by atoms with Crippen LogP contribution in [0, 0.1) is 0 Å². The Kier molecular flexibility index (Phi) is 9.68. The van der Waals surface area contributed by atoms with Crippen LogP contribution in [0.2, 0.25) is 0 Å². The fraction of sp³-hybridized carbons (Fsp3) is 0.455. The summed E-state index contributed by atoms with van der Waals surface area (Å²) >= 11 is 0. The lowest BCUT2D eigenvalue weighted by molar-refractivity contribution is -0.151. The average molecular weight is 476 g/mol. The molecule has 3 rings (SSSR count). The number of aldehydes is 2. The highest BCUT2D eigenvalue weighted by molar-refractivity contribution is 5.96. The molecule has 2 aliphatic rings. The van der Waals surface area contributed by atoms with E-state index in [0.29, 0.717) is 32.1 Å². The molecule has 12 heteroatoms. The Hall–Kier alpha value is -3.80. The summed E-state index contributed by atoms with van der Waals surface area (Å²) in [6.45, 7) is 1.85. The van der Waals surface area contributed by atoms with Crippen LogP contribution in [0.4, 0.5) is 4.79 Å². The molecule has 2 heterocycles. The number of hydrazine groups is 2. The lowest BCUT2D eigenvalue weighted by Crippen LogP contribution is -2.61. The summed E-state index contributed by atoms with van der Waals surface area (Å²) < 4.78 is 0. The van der Waals surface area contributed by atoms with Crippen molar-refractivity contribution in [1.82, 2.24) is 25.8 Å². The van der Waals surface area contributed by atoms with E-state index in [0.717, 1.165) is 16.3 Å². The molecule has 12 nitrogen and oxygen atoms in total. The Morgan fingerprint density at radius 3 is 2.38 bits per heavy atom. The largest absolute Gasteiger partial charge is 0.508 e. The summed E-state index contributed by atoms with van der Waals surface area (Å²) in [5.74, 6) is -0.762. The standard InChI is InChI=1S/C16H18N4O5.C6H11NO2/c21-10-12-2-1-8-19-14(23)7-9-18(16(25)20(12)19)17-15(24)11-3-5-13(22)6-4-11;1-5(9)3-6(4-8)7-2/h3-6,10,12,22H,1-2,7-9H2,(H,17,24);4,6-7H,3H2,1-2H3/t12-;6-/m00/s1. The molecule has 0 aromatic heterocycles. The first-order chi connectivity index (χ1) is 16.2. The second-order valence-electron chi connectivity index (χ2n) is 7.82. The summed E-state index contributed by atoms with van der Waals surface area (Å²) in [4.78, 5) is 69.0. The maximum absolute atomic E-state index is 12.8. The Balaban J connectivity index is 0.000000387. The van der Waals surface area contributed by atoms with Gasteiger partial charge in [-0.3, -0.25) is 19.8 Å². The van der Waals surface area contributed by atoms with Crippen molar-refractivity contribution in [2.75, 3.05) is 20.1 Å². The van der Waals surface area contributed by atoms with Crippen molar-refractivity contribution in [3.8, 4) is 5.75 Å². The molecule has 2 aliphatic heterocycles. The fourth-order valence-electron chi connectivity index (χ4n) is 3.46. The van der Waals surface area contributed by atoms with Crippen molar-refractivity contribution < 1.29 is 33.9 Å². The molecule has 0 aliphatic carbocycles. The monoisotopic (exact) mass is 475 g/mol. The van der Waals surface area contributed by atoms with Gasteiger partial charge in [-0.15, -0.1) is 0 Å². The maximum atomic E-state index is 12.8. The van der Waals surface area contributed by atoms with E-state index in [4.69, 9.17) is 0 Å². The van der Waals surface area contributed by atoms with Crippen molar-refractivity contribution in [3.63, 3.8) is 0 Å². The zero-order valence-corrected chi connectivity index (χ0v) is 19.1. The SMILES string of the molecule is CN[C@H](C=O)CC(C)=O.O=C[C@@H]1CCCN2C(=O)CCN(NC(=O)c3ccc(O)cc3)C(=O)N12. The van der Waals surface area contributed by atoms with E-state index in [2.05, 4.69) is 10.7 Å². The molecule has 0 radical (unpaired) electrons. The number of nitrogens with one attached hydrogen (secondary N) is 2. The lowest BCUT2D eigenvalue weighted by atomic mass is 10.1. The van der Waals surface area contributed by atoms with Crippen LogP contribution in [0.1, 0.15) is 43.0 Å². The number of likely N-dealkylation sites (N-methyl/N-ethyl adjacent to an activating group) is 1. The highest BCUT2D eigenvalue weighted by Gasteiger charge is 2.41. The van der Waals surface area contributed by atoms with Gasteiger partial charge in [0.25, 0.3) is 5.91 Å². The van der Waals surface area contributed by atoms with Gasteiger partial charge in [0.15, 0.2) is 0 Å². The lowest BCUT2D eigenvalue weighted by Gasteiger charge is -2.41. The van der Waals surface area contributed by atoms with Crippen LogP contribution in [-0.4, -0.2) is 88.6 Å². The van der Waals surface area contributed by atoms with Gasteiger partial charge in [-0.05, 0) is 51.1 Å². The molecule has 0 bridgehead atoms. The zero-order chi connectivity index (χ0) is 25.3. The smallest absolute Gasteiger partial charge is 0.358 e. The molecule has 1 aromatic rings. The van der Waals surface area contributed by atoms with Gasteiger partial charge < -0.3 is 20.0 Å². The van der Waals surface area contributed by atoms with Gasteiger partial charge in [-0.25, -0.2) is 19.8 Å². The van der Waals surface area contributed by atoms with Crippen LogP contribution in [0.25, 0.3) is 0 Å². The molecule has 0 spiro atoms. The van der Waals surface area contributed by atoms with E-state index in [-0.39, 0.29) is 42.0 Å². The van der Waals surface area contributed by atoms with Gasteiger partial charge in [-0.2, -0.15) is 0 Å². The normalized spacial score (nSPS) is 18.6. The number of benzene rings is 1. The number of urea groups is 1. The number of ketones is 1.